The number of aromatic amines is 1. The van der Waals surface area contributed by atoms with Crippen LogP contribution < -0.4 is 5.56 Å². The first-order chi connectivity index (χ1) is 13.4. The second kappa shape index (κ2) is 7.09. The van der Waals surface area contributed by atoms with E-state index in [0.717, 1.165) is 21.6 Å². The number of rotatable bonds is 4. The molecule has 0 amide bonds. The van der Waals surface area contributed by atoms with Crippen molar-refractivity contribution in [1.29, 1.82) is 0 Å². The highest BCUT2D eigenvalue weighted by molar-refractivity contribution is 7.19. The van der Waals surface area contributed by atoms with Crippen molar-refractivity contribution in [3.05, 3.63) is 74.5 Å². The Morgan fingerprint density at radius 2 is 1.93 bits per heavy atom. The number of nitrogens with zero attached hydrogens (tertiary/aromatic N) is 1. The van der Waals surface area contributed by atoms with Crippen molar-refractivity contribution in [1.82, 2.24) is 9.97 Å². The van der Waals surface area contributed by atoms with Gasteiger partial charge in [-0.15, -0.1) is 11.3 Å². The molecular formula is C21H18N2O4S. The fourth-order valence-electron chi connectivity index (χ4n) is 3.08. The summed E-state index contributed by atoms with van der Waals surface area (Å²) in [6.45, 7) is 5.61. The zero-order chi connectivity index (χ0) is 19.8. The second-order valence-electron chi connectivity index (χ2n) is 6.60. The fraction of sp³-hybridized carbons (Fsp3) is 0.190. The van der Waals surface area contributed by atoms with E-state index in [0.29, 0.717) is 21.6 Å². The van der Waals surface area contributed by atoms with Gasteiger partial charge in [0, 0.05) is 16.0 Å². The summed E-state index contributed by atoms with van der Waals surface area (Å²) in [5.41, 5.74) is 3.48. The number of H-pyrrole nitrogens is 1. The van der Waals surface area contributed by atoms with Crippen LogP contribution in [0, 0.1) is 20.8 Å². The number of thiophene rings is 1. The Kier molecular flexibility index (Phi) is 4.60. The van der Waals surface area contributed by atoms with Crippen molar-refractivity contribution >= 4 is 27.5 Å². The lowest BCUT2D eigenvalue weighted by Crippen LogP contribution is -2.14. The molecule has 3 aromatic heterocycles. The van der Waals surface area contributed by atoms with Crippen molar-refractivity contribution in [2.75, 3.05) is 0 Å². The molecule has 0 saturated carbocycles. The largest absolute Gasteiger partial charge is 0.457 e. The van der Waals surface area contributed by atoms with Gasteiger partial charge in [0.15, 0.2) is 0 Å². The molecule has 0 radical (unpaired) electrons. The van der Waals surface area contributed by atoms with Crippen LogP contribution >= 0.6 is 11.3 Å². The number of ether oxygens (including phenoxy) is 1. The highest BCUT2D eigenvalue weighted by atomic mass is 32.1. The van der Waals surface area contributed by atoms with Gasteiger partial charge in [-0.1, -0.05) is 29.8 Å². The molecule has 1 N–H and O–H groups in total. The third-order valence-electron chi connectivity index (χ3n) is 4.51. The number of esters is 1. The maximum atomic E-state index is 12.8. The average Bonchev–Trinajstić information content (AvgIpc) is 3.23. The Balaban J connectivity index is 1.66. The van der Waals surface area contributed by atoms with Crippen LogP contribution in [0.25, 0.3) is 21.3 Å². The van der Waals surface area contributed by atoms with Crippen LogP contribution in [0.15, 0.2) is 45.8 Å². The smallest absolute Gasteiger partial charge is 0.374 e. The minimum atomic E-state index is -0.590. The van der Waals surface area contributed by atoms with E-state index in [9.17, 15) is 9.59 Å². The molecule has 3 heterocycles. The monoisotopic (exact) mass is 394 g/mol. The number of benzene rings is 1. The molecule has 0 unspecified atom stereocenters. The summed E-state index contributed by atoms with van der Waals surface area (Å²) in [6.07, 6.45) is 1.43. The molecule has 4 rings (SSSR count). The summed E-state index contributed by atoms with van der Waals surface area (Å²) in [4.78, 5) is 33.7. The summed E-state index contributed by atoms with van der Waals surface area (Å²) in [7, 11) is 0. The first-order valence-corrected chi connectivity index (χ1v) is 9.56. The van der Waals surface area contributed by atoms with Gasteiger partial charge in [-0.3, -0.25) is 4.79 Å². The molecule has 28 heavy (non-hydrogen) atoms. The summed E-state index contributed by atoms with van der Waals surface area (Å²) in [5, 5.41) is 0.559. The number of aromatic nitrogens is 2. The Morgan fingerprint density at radius 1 is 1.18 bits per heavy atom. The standard InChI is InChI=1S/C21H18N2O4S/c1-11-4-6-14(7-5-11)16-13(3)28-20-17(16)19(24)22-15(23-20)10-27-21(25)18-12(2)8-9-26-18/h4-9H,10H2,1-3H3,(H,22,23,24). The van der Waals surface area contributed by atoms with Gasteiger partial charge in [-0.05, 0) is 32.4 Å². The lowest BCUT2D eigenvalue weighted by atomic mass is 10.0. The van der Waals surface area contributed by atoms with Gasteiger partial charge in [0.1, 0.15) is 17.3 Å². The Morgan fingerprint density at radius 3 is 2.61 bits per heavy atom. The fourth-order valence-corrected chi connectivity index (χ4v) is 4.15. The van der Waals surface area contributed by atoms with Gasteiger partial charge >= 0.3 is 5.97 Å². The minimum Gasteiger partial charge on any atom is -0.457 e. The minimum absolute atomic E-state index is 0.138. The molecular weight excluding hydrogens is 376 g/mol. The van der Waals surface area contributed by atoms with Gasteiger partial charge in [-0.25, -0.2) is 9.78 Å². The summed E-state index contributed by atoms with van der Waals surface area (Å²) in [5.74, 6) is -0.142. The molecule has 6 nitrogen and oxygen atoms in total. The SMILES string of the molecule is Cc1ccc(-c2c(C)sc3nc(COC(=O)c4occc4C)[nH]c(=O)c23)cc1. The summed E-state index contributed by atoms with van der Waals surface area (Å²) in [6, 6.07) is 9.73. The van der Waals surface area contributed by atoms with E-state index in [2.05, 4.69) is 9.97 Å². The van der Waals surface area contributed by atoms with Crippen molar-refractivity contribution < 1.29 is 13.9 Å². The number of carbonyl (C=O) groups excluding carboxylic acids is 1. The quantitative estimate of drug-likeness (QED) is 0.514. The Labute approximate surface area is 164 Å². The molecule has 142 valence electrons. The van der Waals surface area contributed by atoms with Crippen molar-refractivity contribution in [3.63, 3.8) is 0 Å². The van der Waals surface area contributed by atoms with Crippen LogP contribution in [-0.4, -0.2) is 15.9 Å². The van der Waals surface area contributed by atoms with E-state index >= 15 is 0 Å². The Bertz CT molecular complexity index is 1230. The van der Waals surface area contributed by atoms with E-state index in [1.54, 1.807) is 13.0 Å². The first-order valence-electron chi connectivity index (χ1n) is 8.74. The zero-order valence-corrected chi connectivity index (χ0v) is 16.5. The molecule has 7 heteroatoms. The highest BCUT2D eigenvalue weighted by Gasteiger charge is 2.18. The van der Waals surface area contributed by atoms with Gasteiger partial charge in [0.25, 0.3) is 5.56 Å². The maximum Gasteiger partial charge on any atom is 0.374 e. The van der Waals surface area contributed by atoms with Crippen LogP contribution in [0.5, 0.6) is 0 Å². The predicted octanol–water partition coefficient (Wildman–Crippen LogP) is 4.53. The average molecular weight is 394 g/mol. The predicted molar refractivity (Wildman–Crippen MR) is 108 cm³/mol. The van der Waals surface area contributed by atoms with E-state index in [-0.39, 0.29) is 17.9 Å². The number of nitrogens with one attached hydrogen (secondary N) is 1. The van der Waals surface area contributed by atoms with E-state index < -0.39 is 5.97 Å². The molecule has 0 atom stereocenters. The summed E-state index contributed by atoms with van der Waals surface area (Å²) < 4.78 is 10.4. The van der Waals surface area contributed by atoms with Crippen molar-refractivity contribution in [3.8, 4) is 11.1 Å². The lowest BCUT2D eigenvalue weighted by Gasteiger charge is -2.05. The van der Waals surface area contributed by atoms with Crippen LogP contribution in [0.1, 0.15) is 32.4 Å². The molecule has 1 aromatic carbocycles. The van der Waals surface area contributed by atoms with Crippen LogP contribution in [0.2, 0.25) is 0 Å². The topological polar surface area (TPSA) is 85.2 Å². The van der Waals surface area contributed by atoms with E-state index in [1.807, 2.05) is 38.1 Å². The molecule has 4 aromatic rings. The normalized spacial score (nSPS) is 11.1. The number of fused-ring (bicyclic) bond motifs is 1. The molecule has 0 aliphatic carbocycles. The van der Waals surface area contributed by atoms with Gasteiger partial charge in [0.2, 0.25) is 5.76 Å². The number of carbonyl (C=O) groups is 1. The molecule has 0 bridgehead atoms. The number of aryl methyl sites for hydroxylation is 3. The number of hydrogen-bond acceptors (Lipinski definition) is 6. The lowest BCUT2D eigenvalue weighted by molar-refractivity contribution is 0.0424. The summed E-state index contributed by atoms with van der Waals surface area (Å²) >= 11 is 1.45. The van der Waals surface area contributed by atoms with Crippen molar-refractivity contribution in [2.24, 2.45) is 0 Å². The second-order valence-corrected chi connectivity index (χ2v) is 7.80. The maximum absolute atomic E-state index is 12.8. The number of hydrogen-bond donors (Lipinski definition) is 1. The van der Waals surface area contributed by atoms with Crippen molar-refractivity contribution in [2.45, 2.75) is 27.4 Å². The molecule has 0 saturated heterocycles. The van der Waals surface area contributed by atoms with Crippen LogP contribution in [-0.2, 0) is 11.3 Å². The van der Waals surface area contributed by atoms with Gasteiger partial charge in [0.05, 0.1) is 11.6 Å². The molecule has 0 spiro atoms. The number of furan rings is 1. The third-order valence-corrected chi connectivity index (χ3v) is 5.51. The highest BCUT2D eigenvalue weighted by Crippen LogP contribution is 2.35. The van der Waals surface area contributed by atoms with E-state index in [1.165, 1.54) is 17.6 Å². The third kappa shape index (κ3) is 3.25. The molecule has 0 aliphatic heterocycles. The zero-order valence-electron chi connectivity index (χ0n) is 15.7. The molecule has 0 fully saturated rings. The van der Waals surface area contributed by atoms with Crippen LogP contribution in [0.3, 0.4) is 0 Å². The van der Waals surface area contributed by atoms with Gasteiger partial charge < -0.3 is 14.1 Å². The Hall–Kier alpha value is -3.19. The van der Waals surface area contributed by atoms with Crippen LogP contribution in [0.4, 0.5) is 0 Å². The molecule has 0 aliphatic rings. The van der Waals surface area contributed by atoms with Gasteiger partial charge in [-0.2, -0.15) is 0 Å². The first kappa shape index (κ1) is 18.2. The van der Waals surface area contributed by atoms with E-state index in [4.69, 9.17) is 9.15 Å².